The number of phenolic OH excluding ortho intramolecular Hbond substituents is 1. The van der Waals surface area contributed by atoms with E-state index in [1.807, 2.05) is 13.0 Å². The first-order valence-electron chi connectivity index (χ1n) is 3.85. The van der Waals surface area contributed by atoms with Crippen molar-refractivity contribution < 1.29 is 15.6 Å². The molecule has 0 heterocycles. The summed E-state index contributed by atoms with van der Waals surface area (Å²) in [6.07, 6.45) is 0. The standard InChI is InChI=1S/C9H13NO2/c1-6(10)9-7(11)4-3-5-8(9)12-2/h3-6,11H,10H2,1-2H3/p+1/t6-/m0/s1. The van der Waals surface area contributed by atoms with Crippen LogP contribution < -0.4 is 10.5 Å². The number of phenols is 1. The van der Waals surface area contributed by atoms with Crippen LogP contribution in [0.5, 0.6) is 11.5 Å². The van der Waals surface area contributed by atoms with Crippen molar-refractivity contribution >= 4 is 0 Å². The topological polar surface area (TPSA) is 57.1 Å². The van der Waals surface area contributed by atoms with Gasteiger partial charge in [-0.25, -0.2) is 0 Å². The lowest BCUT2D eigenvalue weighted by Crippen LogP contribution is -2.51. The number of hydrogen-bond donors (Lipinski definition) is 2. The Labute approximate surface area is 71.8 Å². The van der Waals surface area contributed by atoms with Crippen molar-refractivity contribution in [2.24, 2.45) is 0 Å². The smallest absolute Gasteiger partial charge is 0.131 e. The average molecular weight is 168 g/mol. The lowest BCUT2D eigenvalue weighted by Gasteiger charge is -2.10. The van der Waals surface area contributed by atoms with E-state index in [1.54, 1.807) is 19.2 Å². The van der Waals surface area contributed by atoms with Crippen LogP contribution in [0.2, 0.25) is 0 Å². The molecule has 0 amide bonds. The van der Waals surface area contributed by atoms with E-state index in [2.05, 4.69) is 5.73 Å². The Morgan fingerprint density at radius 3 is 2.58 bits per heavy atom. The minimum Gasteiger partial charge on any atom is -0.507 e. The molecule has 0 radical (unpaired) electrons. The number of ether oxygens (including phenoxy) is 1. The normalized spacial score (nSPS) is 12.6. The van der Waals surface area contributed by atoms with Gasteiger partial charge in [0.25, 0.3) is 0 Å². The second kappa shape index (κ2) is 3.45. The number of methoxy groups -OCH3 is 1. The summed E-state index contributed by atoms with van der Waals surface area (Å²) in [5, 5.41) is 9.47. The highest BCUT2D eigenvalue weighted by Gasteiger charge is 2.14. The summed E-state index contributed by atoms with van der Waals surface area (Å²) >= 11 is 0. The van der Waals surface area contributed by atoms with Crippen molar-refractivity contribution in [3.8, 4) is 11.5 Å². The molecule has 1 aromatic rings. The van der Waals surface area contributed by atoms with Gasteiger partial charge in [0.15, 0.2) is 0 Å². The maximum Gasteiger partial charge on any atom is 0.131 e. The van der Waals surface area contributed by atoms with Crippen LogP contribution in [0.1, 0.15) is 18.5 Å². The van der Waals surface area contributed by atoms with Gasteiger partial charge in [-0.1, -0.05) is 6.07 Å². The van der Waals surface area contributed by atoms with Gasteiger partial charge in [0.1, 0.15) is 17.5 Å². The summed E-state index contributed by atoms with van der Waals surface area (Å²) < 4.78 is 5.09. The molecular formula is C9H14NO2+. The number of benzene rings is 1. The van der Waals surface area contributed by atoms with Crippen LogP contribution >= 0.6 is 0 Å². The van der Waals surface area contributed by atoms with Crippen molar-refractivity contribution in [3.63, 3.8) is 0 Å². The Kier molecular flexibility index (Phi) is 2.55. The first-order valence-corrected chi connectivity index (χ1v) is 3.85. The number of hydrogen-bond acceptors (Lipinski definition) is 2. The molecule has 0 fully saturated rings. The van der Waals surface area contributed by atoms with Crippen LogP contribution in [0.3, 0.4) is 0 Å². The molecule has 1 aromatic carbocycles. The molecule has 0 bridgehead atoms. The van der Waals surface area contributed by atoms with Crippen molar-refractivity contribution in [1.29, 1.82) is 0 Å². The van der Waals surface area contributed by atoms with Crippen LogP contribution in [-0.2, 0) is 0 Å². The van der Waals surface area contributed by atoms with Crippen LogP contribution in [0, 0.1) is 0 Å². The van der Waals surface area contributed by atoms with Crippen molar-refractivity contribution in [2.45, 2.75) is 13.0 Å². The molecule has 0 spiro atoms. The molecule has 0 saturated heterocycles. The average Bonchev–Trinajstić information content (AvgIpc) is 2.03. The van der Waals surface area contributed by atoms with E-state index in [9.17, 15) is 5.11 Å². The summed E-state index contributed by atoms with van der Waals surface area (Å²) in [4.78, 5) is 0. The second-order valence-electron chi connectivity index (χ2n) is 2.79. The third-order valence-electron chi connectivity index (χ3n) is 1.76. The summed E-state index contributed by atoms with van der Waals surface area (Å²) in [5.74, 6) is 0.939. The van der Waals surface area contributed by atoms with E-state index in [0.717, 1.165) is 5.56 Å². The van der Waals surface area contributed by atoms with Gasteiger partial charge in [-0.2, -0.15) is 0 Å². The maximum atomic E-state index is 9.47. The van der Waals surface area contributed by atoms with Gasteiger partial charge >= 0.3 is 0 Å². The molecule has 3 heteroatoms. The van der Waals surface area contributed by atoms with Gasteiger partial charge in [-0.3, -0.25) is 0 Å². The Morgan fingerprint density at radius 1 is 1.50 bits per heavy atom. The SMILES string of the molecule is COc1cccc(O)c1[C@H](C)[NH3+]. The van der Waals surface area contributed by atoms with Gasteiger partial charge in [0.2, 0.25) is 0 Å². The van der Waals surface area contributed by atoms with Crippen LogP contribution in [0.25, 0.3) is 0 Å². The van der Waals surface area contributed by atoms with Crippen LogP contribution in [-0.4, -0.2) is 12.2 Å². The van der Waals surface area contributed by atoms with E-state index in [0.29, 0.717) is 5.75 Å². The summed E-state index contributed by atoms with van der Waals surface area (Å²) in [7, 11) is 1.58. The first kappa shape index (κ1) is 8.87. The molecule has 0 aliphatic carbocycles. The zero-order chi connectivity index (χ0) is 9.14. The predicted molar refractivity (Wildman–Crippen MR) is 46.0 cm³/mol. The molecule has 66 valence electrons. The molecule has 0 saturated carbocycles. The van der Waals surface area contributed by atoms with Crippen LogP contribution in [0.15, 0.2) is 18.2 Å². The zero-order valence-electron chi connectivity index (χ0n) is 7.37. The van der Waals surface area contributed by atoms with Gasteiger partial charge in [0, 0.05) is 0 Å². The number of rotatable bonds is 2. The second-order valence-corrected chi connectivity index (χ2v) is 2.79. The molecule has 0 aliphatic rings. The molecule has 1 atom stereocenters. The molecular weight excluding hydrogens is 154 g/mol. The van der Waals surface area contributed by atoms with E-state index in [-0.39, 0.29) is 11.8 Å². The number of aromatic hydroxyl groups is 1. The molecule has 0 unspecified atom stereocenters. The largest absolute Gasteiger partial charge is 0.507 e. The fraction of sp³-hybridized carbons (Fsp3) is 0.333. The monoisotopic (exact) mass is 168 g/mol. The minimum atomic E-state index is 0.0288. The van der Waals surface area contributed by atoms with Gasteiger partial charge in [-0.15, -0.1) is 0 Å². The van der Waals surface area contributed by atoms with Gasteiger partial charge < -0.3 is 15.6 Å². The Bertz CT molecular complexity index is 271. The number of quaternary nitrogens is 1. The Morgan fingerprint density at radius 2 is 2.17 bits per heavy atom. The lowest BCUT2D eigenvalue weighted by molar-refractivity contribution is -0.420. The van der Waals surface area contributed by atoms with E-state index in [4.69, 9.17) is 4.74 Å². The summed E-state index contributed by atoms with van der Waals surface area (Å²) in [5.41, 5.74) is 4.60. The van der Waals surface area contributed by atoms with Crippen molar-refractivity contribution in [1.82, 2.24) is 0 Å². The van der Waals surface area contributed by atoms with E-state index < -0.39 is 0 Å². The predicted octanol–water partition coefficient (Wildman–Crippen LogP) is 0.704. The highest BCUT2D eigenvalue weighted by molar-refractivity contribution is 5.44. The minimum absolute atomic E-state index is 0.0288. The molecule has 12 heavy (non-hydrogen) atoms. The summed E-state index contributed by atoms with van der Waals surface area (Å²) in [6, 6.07) is 5.23. The third-order valence-corrected chi connectivity index (χ3v) is 1.76. The lowest BCUT2D eigenvalue weighted by atomic mass is 10.1. The quantitative estimate of drug-likeness (QED) is 0.683. The highest BCUT2D eigenvalue weighted by Crippen LogP contribution is 2.30. The molecule has 4 N–H and O–H groups in total. The fourth-order valence-corrected chi connectivity index (χ4v) is 1.21. The molecule has 0 aliphatic heterocycles. The highest BCUT2D eigenvalue weighted by atomic mass is 16.5. The van der Waals surface area contributed by atoms with Crippen molar-refractivity contribution in [2.75, 3.05) is 7.11 Å². The van der Waals surface area contributed by atoms with E-state index >= 15 is 0 Å². The molecule has 1 rings (SSSR count). The van der Waals surface area contributed by atoms with E-state index in [1.165, 1.54) is 0 Å². The Hall–Kier alpha value is -1.22. The Balaban J connectivity index is 3.20. The zero-order valence-corrected chi connectivity index (χ0v) is 7.37. The van der Waals surface area contributed by atoms with Gasteiger partial charge in [-0.05, 0) is 19.1 Å². The third kappa shape index (κ3) is 1.51. The fourth-order valence-electron chi connectivity index (χ4n) is 1.21. The maximum absolute atomic E-state index is 9.47. The first-order chi connectivity index (χ1) is 5.66. The van der Waals surface area contributed by atoms with Crippen molar-refractivity contribution in [3.05, 3.63) is 23.8 Å². The van der Waals surface area contributed by atoms with Crippen LogP contribution in [0.4, 0.5) is 0 Å². The molecule has 3 nitrogen and oxygen atoms in total. The molecule has 0 aromatic heterocycles. The summed E-state index contributed by atoms with van der Waals surface area (Å²) in [6.45, 7) is 1.91. The van der Waals surface area contributed by atoms with Gasteiger partial charge in [0.05, 0.1) is 12.7 Å².